The van der Waals surface area contributed by atoms with Crippen molar-refractivity contribution in [3.63, 3.8) is 0 Å². The Morgan fingerprint density at radius 2 is 2.00 bits per heavy atom. The minimum atomic E-state index is -2.76. The molecule has 0 unspecified atom stereocenters. The van der Waals surface area contributed by atoms with Gasteiger partial charge >= 0.3 is 9.53 Å². The summed E-state index contributed by atoms with van der Waals surface area (Å²) < 4.78 is 4.54. The number of alkyl halides is 1. The zero-order valence-electron chi connectivity index (χ0n) is 5.09. The fraction of sp³-hybridized carbons (Fsp3) is 1.00. The fourth-order valence-electron chi connectivity index (χ4n) is 0.385. The lowest BCUT2D eigenvalue weighted by atomic mass is 10.4. The molecule has 0 bridgehead atoms. The molecule has 0 saturated heterocycles. The minimum Gasteiger partial charge on any atom is -0.392 e. The first kappa shape index (κ1) is 9.39. The van der Waals surface area contributed by atoms with Crippen LogP contribution in [0.2, 0.25) is 0 Å². The van der Waals surface area contributed by atoms with Gasteiger partial charge in [0.15, 0.2) is 0 Å². The van der Waals surface area contributed by atoms with Crippen molar-refractivity contribution in [1.82, 2.24) is 0 Å². The van der Waals surface area contributed by atoms with Crippen LogP contribution in [0.3, 0.4) is 0 Å². The van der Waals surface area contributed by atoms with Gasteiger partial charge in [0.1, 0.15) is 0 Å². The van der Waals surface area contributed by atoms with Crippen LogP contribution in [-0.4, -0.2) is 31.6 Å². The summed E-state index contributed by atoms with van der Waals surface area (Å²) in [6.07, 6.45) is 1.66. The highest BCUT2D eigenvalue weighted by Crippen LogP contribution is 1.91. The van der Waals surface area contributed by atoms with Gasteiger partial charge < -0.3 is 14.0 Å². The van der Waals surface area contributed by atoms with Gasteiger partial charge in [-0.2, -0.15) is 0 Å². The van der Waals surface area contributed by atoms with E-state index in [2.05, 4.69) is 4.43 Å². The summed E-state index contributed by atoms with van der Waals surface area (Å²) >= 11 is 5.35. The molecule has 0 aromatic heterocycles. The van der Waals surface area contributed by atoms with Crippen LogP contribution in [0.25, 0.3) is 0 Å². The lowest BCUT2D eigenvalue weighted by molar-refractivity contribution is 0.183. The van der Waals surface area contributed by atoms with E-state index in [1.54, 1.807) is 0 Å². The van der Waals surface area contributed by atoms with Gasteiger partial charge in [0.2, 0.25) is 0 Å². The van der Waals surface area contributed by atoms with Gasteiger partial charge in [-0.1, -0.05) is 0 Å². The molecule has 0 radical (unpaired) electrons. The molecule has 0 aliphatic rings. The molecule has 0 amide bonds. The Balaban J connectivity index is 2.75. The molecule has 0 aromatic carbocycles. The molecule has 0 rings (SSSR count). The summed E-state index contributed by atoms with van der Waals surface area (Å²) in [5.41, 5.74) is 0. The average molecular weight is 171 g/mol. The average Bonchev–Trinajstić information content (AvgIpc) is 1.80. The van der Waals surface area contributed by atoms with E-state index >= 15 is 0 Å². The van der Waals surface area contributed by atoms with Gasteiger partial charge in [-0.15, -0.1) is 11.6 Å². The highest BCUT2D eigenvalue weighted by molar-refractivity contribution is 6.32. The normalized spacial score (nSPS) is 10.7. The first-order chi connectivity index (χ1) is 4.27. The van der Waals surface area contributed by atoms with Crippen molar-refractivity contribution in [3.05, 3.63) is 0 Å². The second-order valence-electron chi connectivity index (χ2n) is 1.59. The van der Waals surface area contributed by atoms with Crippen molar-refractivity contribution in [2.45, 2.75) is 12.8 Å². The van der Waals surface area contributed by atoms with E-state index in [1.165, 1.54) is 0 Å². The molecular weight excluding hydrogens is 160 g/mol. The number of hydrogen-bond acceptors (Lipinski definition) is 3. The number of rotatable bonds is 5. The maximum atomic E-state index is 8.29. The second kappa shape index (κ2) is 6.51. The van der Waals surface area contributed by atoms with Crippen LogP contribution in [0.15, 0.2) is 0 Å². The Hall–Kier alpha value is 0.387. The van der Waals surface area contributed by atoms with Crippen molar-refractivity contribution in [2.24, 2.45) is 0 Å². The molecule has 0 aliphatic heterocycles. The first-order valence-electron chi connectivity index (χ1n) is 2.81. The fourth-order valence-corrected chi connectivity index (χ4v) is 0.952. The van der Waals surface area contributed by atoms with Crippen LogP contribution in [0, 0.1) is 0 Å². The monoisotopic (exact) mass is 170 g/mol. The van der Waals surface area contributed by atoms with E-state index in [0.29, 0.717) is 12.5 Å². The van der Waals surface area contributed by atoms with E-state index < -0.39 is 9.53 Å². The molecule has 0 saturated carbocycles. The maximum Gasteiger partial charge on any atom is 0.478 e. The molecular formula is C4H11ClO3Si. The third-order valence-corrected chi connectivity index (χ3v) is 1.60. The van der Waals surface area contributed by atoms with E-state index in [9.17, 15) is 0 Å². The standard InChI is InChI=1S/C4H11ClO3Si/c5-3-1-2-4-8-9(6)7/h6-7,9H,1-4H2. The topological polar surface area (TPSA) is 49.7 Å². The zero-order chi connectivity index (χ0) is 7.11. The lowest BCUT2D eigenvalue weighted by Gasteiger charge is -2.00. The summed E-state index contributed by atoms with van der Waals surface area (Å²) in [6, 6.07) is 0. The first-order valence-corrected chi connectivity index (χ1v) is 4.85. The summed E-state index contributed by atoms with van der Waals surface area (Å²) in [6.45, 7) is 0.413. The van der Waals surface area contributed by atoms with Crippen LogP contribution >= 0.6 is 11.6 Å². The van der Waals surface area contributed by atoms with Gasteiger partial charge in [0.25, 0.3) is 0 Å². The minimum absolute atomic E-state index is 0.413. The van der Waals surface area contributed by atoms with Crippen LogP contribution in [0.5, 0.6) is 0 Å². The predicted molar refractivity (Wildman–Crippen MR) is 37.5 cm³/mol. The van der Waals surface area contributed by atoms with Crippen molar-refractivity contribution >= 4 is 21.1 Å². The number of halogens is 1. The molecule has 3 nitrogen and oxygen atoms in total. The van der Waals surface area contributed by atoms with Crippen molar-refractivity contribution < 1.29 is 14.0 Å². The zero-order valence-corrected chi connectivity index (χ0v) is 7.00. The van der Waals surface area contributed by atoms with E-state index in [0.717, 1.165) is 12.8 Å². The number of unbranched alkanes of at least 4 members (excludes halogenated alkanes) is 1. The third-order valence-electron chi connectivity index (χ3n) is 0.795. The molecule has 2 N–H and O–H groups in total. The highest BCUT2D eigenvalue weighted by Gasteiger charge is 1.99. The van der Waals surface area contributed by atoms with E-state index in [-0.39, 0.29) is 0 Å². The van der Waals surface area contributed by atoms with Crippen LogP contribution in [-0.2, 0) is 4.43 Å². The predicted octanol–water partition coefficient (Wildman–Crippen LogP) is -0.276. The summed E-state index contributed by atoms with van der Waals surface area (Å²) in [5, 5.41) is 0. The smallest absolute Gasteiger partial charge is 0.392 e. The molecule has 0 spiro atoms. The Morgan fingerprint density at radius 1 is 1.33 bits per heavy atom. The lowest BCUT2D eigenvalue weighted by Crippen LogP contribution is -2.17. The van der Waals surface area contributed by atoms with Crippen LogP contribution in [0.4, 0.5) is 0 Å². The van der Waals surface area contributed by atoms with Crippen molar-refractivity contribution in [1.29, 1.82) is 0 Å². The molecule has 56 valence electrons. The van der Waals surface area contributed by atoms with E-state index in [4.69, 9.17) is 21.2 Å². The van der Waals surface area contributed by atoms with Crippen LogP contribution < -0.4 is 0 Å². The van der Waals surface area contributed by atoms with E-state index in [1.807, 2.05) is 0 Å². The Labute approximate surface area is 61.2 Å². The Kier molecular flexibility index (Phi) is 6.79. The molecule has 0 aliphatic carbocycles. The van der Waals surface area contributed by atoms with Crippen molar-refractivity contribution in [3.8, 4) is 0 Å². The van der Waals surface area contributed by atoms with Gasteiger partial charge in [-0.3, -0.25) is 0 Å². The highest BCUT2D eigenvalue weighted by atomic mass is 35.5. The van der Waals surface area contributed by atoms with Crippen LogP contribution in [0.1, 0.15) is 12.8 Å². The van der Waals surface area contributed by atoms with Gasteiger partial charge in [-0.25, -0.2) is 0 Å². The van der Waals surface area contributed by atoms with Crippen molar-refractivity contribution in [2.75, 3.05) is 12.5 Å². The van der Waals surface area contributed by atoms with Gasteiger partial charge in [-0.05, 0) is 12.8 Å². The SMILES string of the molecule is O[SiH](O)OCCCCCl. The Morgan fingerprint density at radius 3 is 2.44 bits per heavy atom. The molecule has 0 aromatic rings. The van der Waals surface area contributed by atoms with Gasteiger partial charge in [0.05, 0.1) is 0 Å². The largest absolute Gasteiger partial charge is 0.478 e. The molecule has 5 heteroatoms. The Bertz CT molecular complexity index is 61.8. The summed E-state index contributed by atoms with van der Waals surface area (Å²) in [5.74, 6) is 0.604. The molecule has 9 heavy (non-hydrogen) atoms. The number of hydrogen-bond donors (Lipinski definition) is 2. The molecule has 0 atom stereocenters. The quantitative estimate of drug-likeness (QED) is 0.339. The second-order valence-corrected chi connectivity index (χ2v) is 2.96. The molecule has 0 fully saturated rings. The maximum absolute atomic E-state index is 8.29. The van der Waals surface area contributed by atoms with Gasteiger partial charge in [0, 0.05) is 12.5 Å². The molecule has 0 heterocycles. The summed E-state index contributed by atoms with van der Waals surface area (Å²) in [7, 11) is -2.76. The summed E-state index contributed by atoms with van der Waals surface area (Å²) in [4.78, 5) is 16.6. The third kappa shape index (κ3) is 8.39.